The number of hydrogen-bond donors (Lipinski definition) is 1. The minimum absolute atomic E-state index is 0.797. The second kappa shape index (κ2) is 6.91. The Hall–Kier alpha value is -1.32. The smallest absolute Gasteiger partial charge is 0.134 e. The molecule has 4 heteroatoms. The van der Waals surface area contributed by atoms with Crippen LogP contribution < -0.4 is 10.2 Å². The van der Waals surface area contributed by atoms with Crippen molar-refractivity contribution in [1.29, 1.82) is 0 Å². The molecule has 0 spiro atoms. The van der Waals surface area contributed by atoms with Crippen LogP contribution in [0.1, 0.15) is 46.4 Å². The minimum Gasteiger partial charge on any atom is -0.370 e. The van der Waals surface area contributed by atoms with Crippen LogP contribution in [0, 0.1) is 11.8 Å². The Bertz CT molecular complexity index is 422. The summed E-state index contributed by atoms with van der Waals surface area (Å²) in [6.45, 7) is 12.0. The van der Waals surface area contributed by atoms with Gasteiger partial charge in [-0.25, -0.2) is 9.97 Å². The van der Waals surface area contributed by atoms with Gasteiger partial charge in [0.2, 0.25) is 0 Å². The third-order valence-electron chi connectivity index (χ3n) is 4.24. The number of piperidine rings is 1. The summed E-state index contributed by atoms with van der Waals surface area (Å²) in [5.41, 5.74) is 0. The van der Waals surface area contributed by atoms with E-state index in [-0.39, 0.29) is 0 Å². The fraction of sp³-hybridized carbons (Fsp3) is 0.750. The summed E-state index contributed by atoms with van der Waals surface area (Å²) in [5, 5.41) is 3.31. The van der Waals surface area contributed by atoms with Gasteiger partial charge in [-0.15, -0.1) is 0 Å². The molecule has 1 aliphatic heterocycles. The molecule has 0 unspecified atom stereocenters. The van der Waals surface area contributed by atoms with Crippen molar-refractivity contribution in [3.05, 3.63) is 11.9 Å². The molecule has 0 bridgehead atoms. The molecule has 1 fully saturated rings. The largest absolute Gasteiger partial charge is 0.370 e. The Labute approximate surface area is 123 Å². The van der Waals surface area contributed by atoms with Crippen LogP contribution in [0.3, 0.4) is 0 Å². The maximum atomic E-state index is 4.70. The predicted molar refractivity (Wildman–Crippen MR) is 85.3 cm³/mol. The highest BCUT2D eigenvalue weighted by Crippen LogP contribution is 2.27. The summed E-state index contributed by atoms with van der Waals surface area (Å²) in [7, 11) is 0. The molecule has 112 valence electrons. The number of nitrogens with one attached hydrogen (secondary N) is 1. The Balaban J connectivity index is 2.10. The molecule has 0 amide bonds. The molecule has 0 saturated carbocycles. The number of hydrogen-bond acceptors (Lipinski definition) is 4. The van der Waals surface area contributed by atoms with E-state index in [1.165, 1.54) is 12.8 Å². The average Bonchev–Trinajstić information content (AvgIpc) is 2.47. The quantitative estimate of drug-likeness (QED) is 0.895. The Morgan fingerprint density at radius 3 is 2.50 bits per heavy atom. The molecule has 2 heterocycles. The molecule has 20 heavy (non-hydrogen) atoms. The lowest BCUT2D eigenvalue weighted by Crippen LogP contribution is -2.36. The average molecular weight is 276 g/mol. The van der Waals surface area contributed by atoms with Crippen LogP contribution in [0.2, 0.25) is 0 Å². The Morgan fingerprint density at radius 2 is 1.95 bits per heavy atom. The highest BCUT2D eigenvalue weighted by molar-refractivity contribution is 5.49. The van der Waals surface area contributed by atoms with Crippen molar-refractivity contribution >= 4 is 11.6 Å². The second-order valence-electron chi connectivity index (χ2n) is 5.98. The van der Waals surface area contributed by atoms with Gasteiger partial charge in [0.1, 0.15) is 17.5 Å². The summed E-state index contributed by atoms with van der Waals surface area (Å²) in [6, 6.07) is 2.10. The normalized spacial score (nSPS) is 16.8. The van der Waals surface area contributed by atoms with Gasteiger partial charge in [0, 0.05) is 32.1 Å². The lowest BCUT2D eigenvalue weighted by molar-refractivity contribution is 0.310. The van der Waals surface area contributed by atoms with Crippen LogP contribution in [-0.4, -0.2) is 29.6 Å². The van der Waals surface area contributed by atoms with Gasteiger partial charge in [0.05, 0.1) is 0 Å². The number of aryl methyl sites for hydroxylation is 1. The highest BCUT2D eigenvalue weighted by Gasteiger charge is 2.22. The van der Waals surface area contributed by atoms with Crippen molar-refractivity contribution in [2.45, 2.75) is 47.0 Å². The number of aromatic nitrogens is 2. The third-order valence-corrected chi connectivity index (χ3v) is 4.24. The van der Waals surface area contributed by atoms with Crippen LogP contribution >= 0.6 is 0 Å². The summed E-state index contributed by atoms with van der Waals surface area (Å²) < 4.78 is 0. The van der Waals surface area contributed by atoms with E-state index in [2.05, 4.69) is 49.0 Å². The van der Waals surface area contributed by atoms with Gasteiger partial charge in [-0.1, -0.05) is 20.8 Å². The van der Waals surface area contributed by atoms with E-state index >= 15 is 0 Å². The van der Waals surface area contributed by atoms with Crippen LogP contribution in [0.15, 0.2) is 6.07 Å². The first-order valence-electron chi connectivity index (χ1n) is 8.00. The zero-order valence-electron chi connectivity index (χ0n) is 13.3. The van der Waals surface area contributed by atoms with E-state index in [1.807, 2.05) is 0 Å². The van der Waals surface area contributed by atoms with E-state index < -0.39 is 0 Å². The third kappa shape index (κ3) is 3.62. The molecule has 1 saturated heterocycles. The van der Waals surface area contributed by atoms with Gasteiger partial charge in [0.25, 0.3) is 0 Å². The lowest BCUT2D eigenvalue weighted by atomic mass is 9.87. The van der Waals surface area contributed by atoms with Gasteiger partial charge in [-0.05, 0) is 31.6 Å². The standard InChI is InChI=1S/C16H28N4/c1-5-14-18-15(17-6-2)11-16(19-14)20-9-7-13(8-10-20)12(3)4/h11-13H,5-10H2,1-4H3,(H,17,18,19). The molecule has 0 radical (unpaired) electrons. The second-order valence-corrected chi connectivity index (χ2v) is 5.98. The van der Waals surface area contributed by atoms with E-state index in [0.717, 1.165) is 55.4 Å². The maximum Gasteiger partial charge on any atom is 0.134 e. The predicted octanol–water partition coefficient (Wildman–Crippen LogP) is 3.34. The van der Waals surface area contributed by atoms with Crippen LogP contribution in [0.4, 0.5) is 11.6 Å². The van der Waals surface area contributed by atoms with Gasteiger partial charge in [-0.3, -0.25) is 0 Å². The molecule has 4 nitrogen and oxygen atoms in total. The first-order chi connectivity index (χ1) is 9.63. The fourth-order valence-corrected chi connectivity index (χ4v) is 2.87. The van der Waals surface area contributed by atoms with Crippen molar-refractivity contribution in [2.75, 3.05) is 29.9 Å². The van der Waals surface area contributed by atoms with E-state index in [4.69, 9.17) is 4.98 Å². The van der Waals surface area contributed by atoms with Gasteiger partial charge >= 0.3 is 0 Å². The number of rotatable bonds is 5. The van der Waals surface area contributed by atoms with Crippen molar-refractivity contribution in [2.24, 2.45) is 11.8 Å². The SMILES string of the molecule is CCNc1cc(N2CCC(C(C)C)CC2)nc(CC)n1. The minimum atomic E-state index is 0.797. The first-order valence-corrected chi connectivity index (χ1v) is 8.00. The summed E-state index contributed by atoms with van der Waals surface area (Å²) in [4.78, 5) is 11.7. The van der Waals surface area contributed by atoms with Crippen molar-refractivity contribution < 1.29 is 0 Å². The zero-order valence-corrected chi connectivity index (χ0v) is 13.3. The summed E-state index contributed by atoms with van der Waals surface area (Å²) in [6.07, 6.45) is 3.44. The summed E-state index contributed by atoms with van der Waals surface area (Å²) in [5.74, 6) is 4.65. The van der Waals surface area contributed by atoms with Crippen LogP contribution in [-0.2, 0) is 6.42 Å². The van der Waals surface area contributed by atoms with Crippen molar-refractivity contribution in [3.63, 3.8) is 0 Å². The number of anilines is 2. The zero-order chi connectivity index (χ0) is 14.5. The summed E-state index contributed by atoms with van der Waals surface area (Å²) >= 11 is 0. The van der Waals surface area contributed by atoms with E-state index in [1.54, 1.807) is 0 Å². The monoisotopic (exact) mass is 276 g/mol. The molecule has 2 rings (SSSR count). The van der Waals surface area contributed by atoms with Crippen molar-refractivity contribution in [3.8, 4) is 0 Å². The molecule has 1 N–H and O–H groups in total. The fourth-order valence-electron chi connectivity index (χ4n) is 2.87. The lowest BCUT2D eigenvalue weighted by Gasteiger charge is -2.34. The maximum absolute atomic E-state index is 4.70. The molecule has 1 aromatic heterocycles. The molecule has 0 aromatic carbocycles. The van der Waals surface area contributed by atoms with Gasteiger partial charge < -0.3 is 10.2 Å². The number of nitrogens with zero attached hydrogens (tertiary/aromatic N) is 3. The highest BCUT2D eigenvalue weighted by atomic mass is 15.2. The van der Waals surface area contributed by atoms with E-state index in [0.29, 0.717) is 0 Å². The molecule has 0 aliphatic carbocycles. The molecule has 1 aromatic rings. The molecular weight excluding hydrogens is 248 g/mol. The topological polar surface area (TPSA) is 41.0 Å². The Kier molecular flexibility index (Phi) is 5.21. The van der Waals surface area contributed by atoms with Gasteiger partial charge in [0.15, 0.2) is 0 Å². The molecule has 1 aliphatic rings. The first kappa shape index (κ1) is 15.1. The van der Waals surface area contributed by atoms with Gasteiger partial charge in [-0.2, -0.15) is 0 Å². The van der Waals surface area contributed by atoms with E-state index in [9.17, 15) is 0 Å². The molecule has 0 atom stereocenters. The van der Waals surface area contributed by atoms with Crippen molar-refractivity contribution in [1.82, 2.24) is 9.97 Å². The molecular formula is C16H28N4. The van der Waals surface area contributed by atoms with Crippen LogP contribution in [0.25, 0.3) is 0 Å². The van der Waals surface area contributed by atoms with Crippen LogP contribution in [0.5, 0.6) is 0 Å². The Morgan fingerprint density at radius 1 is 1.25 bits per heavy atom.